The molecule has 0 unspecified atom stereocenters. The summed E-state index contributed by atoms with van der Waals surface area (Å²) in [5, 5.41) is 25.4. The van der Waals surface area contributed by atoms with E-state index in [1.165, 1.54) is 33.8 Å². The van der Waals surface area contributed by atoms with Gasteiger partial charge >= 0.3 is 29.8 Å². The number of carbonyl (C=O) groups is 5. The molecule has 5 fully saturated rings. The molecule has 0 radical (unpaired) electrons. The summed E-state index contributed by atoms with van der Waals surface area (Å²) in [5.41, 5.74) is -3.04. The summed E-state index contributed by atoms with van der Waals surface area (Å²) in [4.78, 5) is 61.0. The largest absolute Gasteiger partial charge is 0.462 e. The highest BCUT2D eigenvalue weighted by molar-refractivity contribution is 5.85. The standard InChI is InChI=1S/C37H52O14/c1-18-30(48-20(3)39)31(49-21(4)40)32(50-22(5)41)33(46-18)51-24-8-11-34(6)29-26(9-12-36(34,43)15-24)37(44)13-10-25(23-14-28(42)45-17-23)35(37,7)16-27(29)47-19(2)38/h14,18,24-27,29-33,43-44H,8-13,15-17H2,1-7H3/t18-,24-,25-,26+,27+,29+,30-,31+,32+,33-,34+,35+,36-,37-/m0/s1. The normalized spacial score (nSPS) is 46.0. The van der Waals surface area contributed by atoms with E-state index in [9.17, 15) is 34.2 Å². The third-order valence-electron chi connectivity index (χ3n) is 13.3. The second-order valence-corrected chi connectivity index (χ2v) is 16.2. The van der Waals surface area contributed by atoms with Crippen LogP contribution in [0.25, 0.3) is 0 Å². The van der Waals surface area contributed by atoms with Crippen LogP contribution in [-0.4, -0.2) is 101 Å². The lowest BCUT2D eigenvalue weighted by atomic mass is 9.41. The zero-order valence-electron chi connectivity index (χ0n) is 30.5. The minimum absolute atomic E-state index is 0.120. The van der Waals surface area contributed by atoms with Crippen LogP contribution in [-0.2, 0) is 57.1 Å². The fourth-order valence-electron chi connectivity index (χ4n) is 11.1. The van der Waals surface area contributed by atoms with Gasteiger partial charge in [0, 0.05) is 56.9 Å². The first-order valence-corrected chi connectivity index (χ1v) is 18.1. The molecule has 0 bridgehead atoms. The maximum atomic E-state index is 12.7. The Balaban J connectivity index is 1.27. The molecule has 4 saturated carbocycles. The second-order valence-electron chi connectivity index (χ2n) is 16.2. The number of carbonyl (C=O) groups excluding carboxylic acids is 5. The average Bonchev–Trinajstić information content (AvgIpc) is 3.55. The quantitative estimate of drug-likeness (QED) is 0.222. The maximum Gasteiger partial charge on any atom is 0.331 e. The number of aliphatic hydroxyl groups is 2. The van der Waals surface area contributed by atoms with Gasteiger partial charge in [0.1, 0.15) is 12.7 Å². The Morgan fingerprint density at radius 1 is 0.784 bits per heavy atom. The van der Waals surface area contributed by atoms with Crippen LogP contribution in [0.1, 0.15) is 99.8 Å². The van der Waals surface area contributed by atoms with E-state index in [1.54, 1.807) is 6.92 Å². The molecule has 0 amide bonds. The van der Waals surface area contributed by atoms with Crippen molar-refractivity contribution in [1.82, 2.24) is 0 Å². The third-order valence-corrected chi connectivity index (χ3v) is 13.3. The highest BCUT2D eigenvalue weighted by atomic mass is 16.7. The molecule has 0 aromatic heterocycles. The number of hydrogen-bond acceptors (Lipinski definition) is 14. The van der Waals surface area contributed by atoms with Crippen LogP contribution in [0.15, 0.2) is 11.6 Å². The monoisotopic (exact) mass is 720 g/mol. The summed E-state index contributed by atoms with van der Waals surface area (Å²) in [7, 11) is 0. The van der Waals surface area contributed by atoms with E-state index in [1.807, 2.05) is 13.8 Å². The van der Waals surface area contributed by atoms with Crippen molar-refractivity contribution in [1.29, 1.82) is 0 Å². The van der Waals surface area contributed by atoms with Gasteiger partial charge in [0.15, 0.2) is 24.6 Å². The molecule has 6 rings (SSSR count). The molecule has 0 aromatic rings. The molecular weight excluding hydrogens is 668 g/mol. The highest BCUT2D eigenvalue weighted by Crippen LogP contribution is 2.71. The summed E-state index contributed by atoms with van der Waals surface area (Å²) in [5.74, 6) is -3.60. The van der Waals surface area contributed by atoms with E-state index in [0.29, 0.717) is 44.9 Å². The van der Waals surface area contributed by atoms with Crippen LogP contribution in [0.2, 0.25) is 0 Å². The molecular formula is C37H52O14. The zero-order valence-corrected chi connectivity index (χ0v) is 30.5. The van der Waals surface area contributed by atoms with Crippen LogP contribution in [0.3, 0.4) is 0 Å². The number of rotatable bonds is 7. The van der Waals surface area contributed by atoms with E-state index in [-0.39, 0.29) is 36.8 Å². The van der Waals surface area contributed by atoms with Crippen molar-refractivity contribution in [2.75, 3.05) is 6.61 Å². The summed E-state index contributed by atoms with van der Waals surface area (Å²) in [6.45, 7) is 10.8. The molecule has 14 heteroatoms. The first kappa shape index (κ1) is 37.7. The zero-order chi connectivity index (χ0) is 37.3. The SMILES string of the molecule is CC(=O)O[C@@H]1[C@@H](OC(C)=O)[C@H](C)O[C@@H](O[C@H]2CC[C@]3(C)[C@@H]4[C@@H](CC[C@]3(O)C2)[C@@]2(O)CC[C@@H](C3=CC(=O)OC3)[C@@]2(C)C[C@H]4OC(C)=O)[C@@H]1OC(C)=O. The lowest BCUT2D eigenvalue weighted by Crippen LogP contribution is -2.71. The van der Waals surface area contributed by atoms with Gasteiger partial charge in [-0.15, -0.1) is 0 Å². The van der Waals surface area contributed by atoms with Gasteiger partial charge in [0.05, 0.1) is 23.4 Å². The van der Waals surface area contributed by atoms with Crippen molar-refractivity contribution in [2.24, 2.45) is 28.6 Å². The second kappa shape index (κ2) is 13.4. The van der Waals surface area contributed by atoms with Gasteiger partial charge in [-0.2, -0.15) is 0 Å². The molecule has 6 aliphatic rings. The Morgan fingerprint density at radius 2 is 1.41 bits per heavy atom. The van der Waals surface area contributed by atoms with E-state index >= 15 is 0 Å². The van der Waals surface area contributed by atoms with Crippen molar-refractivity contribution in [3.63, 3.8) is 0 Å². The van der Waals surface area contributed by atoms with E-state index < -0.39 is 88.8 Å². The molecule has 2 N–H and O–H groups in total. The summed E-state index contributed by atoms with van der Waals surface area (Å²) in [6, 6.07) is 0. The molecule has 1 saturated heterocycles. The minimum Gasteiger partial charge on any atom is -0.462 e. The van der Waals surface area contributed by atoms with Gasteiger partial charge in [-0.1, -0.05) is 13.8 Å². The molecule has 14 nitrogen and oxygen atoms in total. The number of ether oxygens (including phenoxy) is 7. The molecule has 14 atom stereocenters. The lowest BCUT2D eigenvalue weighted by Gasteiger charge is -2.67. The molecule has 2 aliphatic heterocycles. The summed E-state index contributed by atoms with van der Waals surface area (Å²) in [6.07, 6.45) is -1.75. The molecule has 0 spiro atoms. The van der Waals surface area contributed by atoms with Crippen LogP contribution < -0.4 is 0 Å². The summed E-state index contributed by atoms with van der Waals surface area (Å²) < 4.78 is 40.5. The molecule has 0 aromatic carbocycles. The predicted molar refractivity (Wildman–Crippen MR) is 174 cm³/mol. The number of fused-ring (bicyclic) bond motifs is 5. The smallest absolute Gasteiger partial charge is 0.331 e. The van der Waals surface area contributed by atoms with E-state index in [4.69, 9.17) is 33.2 Å². The fourth-order valence-corrected chi connectivity index (χ4v) is 11.1. The number of hydrogen-bond donors (Lipinski definition) is 2. The van der Waals surface area contributed by atoms with Gasteiger partial charge in [-0.25, -0.2) is 4.79 Å². The van der Waals surface area contributed by atoms with E-state index in [2.05, 4.69) is 0 Å². The highest BCUT2D eigenvalue weighted by Gasteiger charge is 2.73. The topological polar surface area (TPSA) is 190 Å². The Hall–Kier alpha value is -3.07. The number of esters is 5. The first-order chi connectivity index (χ1) is 23.8. The fraction of sp³-hybridized carbons (Fsp3) is 0.811. The van der Waals surface area contributed by atoms with Crippen LogP contribution in [0.5, 0.6) is 0 Å². The van der Waals surface area contributed by atoms with Crippen molar-refractivity contribution in [3.05, 3.63) is 11.6 Å². The Kier molecular flexibility index (Phi) is 9.91. The van der Waals surface area contributed by atoms with Gasteiger partial charge in [-0.05, 0) is 69.3 Å². The average molecular weight is 721 g/mol. The lowest BCUT2D eigenvalue weighted by molar-refractivity contribution is -0.326. The molecule has 4 aliphatic carbocycles. The molecule has 51 heavy (non-hydrogen) atoms. The van der Waals surface area contributed by atoms with Crippen molar-refractivity contribution >= 4 is 29.8 Å². The number of cyclic esters (lactones) is 1. The Labute approximate surface area is 297 Å². The summed E-state index contributed by atoms with van der Waals surface area (Å²) >= 11 is 0. The first-order valence-electron chi connectivity index (χ1n) is 18.1. The third kappa shape index (κ3) is 6.37. The van der Waals surface area contributed by atoms with Gasteiger partial charge in [0.25, 0.3) is 0 Å². The Bertz CT molecular complexity index is 1480. The van der Waals surface area contributed by atoms with Crippen molar-refractivity contribution < 1.29 is 67.3 Å². The molecule has 2 heterocycles. The van der Waals surface area contributed by atoms with Crippen LogP contribution in [0.4, 0.5) is 0 Å². The van der Waals surface area contributed by atoms with E-state index in [0.717, 1.165) is 5.57 Å². The Morgan fingerprint density at radius 3 is 2.02 bits per heavy atom. The van der Waals surface area contributed by atoms with Gasteiger partial charge in [-0.3, -0.25) is 19.2 Å². The van der Waals surface area contributed by atoms with Gasteiger partial charge in [0.2, 0.25) is 0 Å². The van der Waals surface area contributed by atoms with Crippen molar-refractivity contribution in [2.45, 2.75) is 154 Å². The van der Waals surface area contributed by atoms with Crippen LogP contribution >= 0.6 is 0 Å². The predicted octanol–water partition coefficient (Wildman–Crippen LogP) is 2.83. The van der Waals surface area contributed by atoms with Crippen molar-refractivity contribution in [3.8, 4) is 0 Å². The van der Waals surface area contributed by atoms with Gasteiger partial charge < -0.3 is 43.4 Å². The van der Waals surface area contributed by atoms with Crippen LogP contribution in [0, 0.1) is 28.6 Å². The molecule has 284 valence electrons. The maximum absolute atomic E-state index is 12.7. The minimum atomic E-state index is -1.29.